The maximum absolute atomic E-state index is 13.5. The number of alkyl halides is 3. The van der Waals surface area contributed by atoms with Crippen molar-refractivity contribution in [3.8, 4) is 17.0 Å². The summed E-state index contributed by atoms with van der Waals surface area (Å²) in [5.41, 5.74) is 0.428. The Morgan fingerprint density at radius 2 is 1.92 bits per heavy atom. The van der Waals surface area contributed by atoms with Gasteiger partial charge in [-0.3, -0.25) is 0 Å². The largest absolute Gasteiger partial charge is 0.467 e. The summed E-state index contributed by atoms with van der Waals surface area (Å²) in [6.45, 7) is 10.1. The number of hydrogen-bond donors (Lipinski definition) is 0. The van der Waals surface area contributed by atoms with Gasteiger partial charge >= 0.3 is 12.3 Å². The summed E-state index contributed by atoms with van der Waals surface area (Å²) in [4.78, 5) is 14.3. The summed E-state index contributed by atoms with van der Waals surface area (Å²) in [7, 11) is 0. The molecular formula is C27H33F3N4O4. The van der Waals surface area contributed by atoms with Crippen LogP contribution in [0.4, 0.5) is 18.0 Å². The minimum Gasteiger partial charge on any atom is -0.467 e. The number of nitrogens with zero attached hydrogens (tertiary/aromatic N) is 4. The molecule has 0 spiro atoms. The lowest BCUT2D eigenvalue weighted by atomic mass is 10.00. The fraction of sp³-hybridized carbons (Fsp3) is 0.519. The lowest BCUT2D eigenvalue weighted by molar-refractivity contribution is -0.137. The summed E-state index contributed by atoms with van der Waals surface area (Å²) >= 11 is 0. The van der Waals surface area contributed by atoms with Crippen LogP contribution in [0.1, 0.15) is 57.7 Å². The molecule has 3 heterocycles. The minimum absolute atomic E-state index is 0.00758. The first-order valence-electron chi connectivity index (χ1n) is 12.6. The molecule has 1 atom stereocenters. The van der Waals surface area contributed by atoms with Crippen LogP contribution in [0.2, 0.25) is 0 Å². The molecule has 3 aromatic rings. The Labute approximate surface area is 219 Å². The van der Waals surface area contributed by atoms with Gasteiger partial charge in [0.2, 0.25) is 0 Å². The molecule has 0 N–H and O–H groups in total. The van der Waals surface area contributed by atoms with E-state index in [9.17, 15) is 18.0 Å². The Morgan fingerprint density at radius 3 is 2.61 bits per heavy atom. The quantitative estimate of drug-likeness (QED) is 0.270. The molecule has 1 aliphatic rings. The van der Waals surface area contributed by atoms with E-state index in [0.717, 1.165) is 30.4 Å². The van der Waals surface area contributed by atoms with Crippen molar-refractivity contribution < 1.29 is 32.2 Å². The van der Waals surface area contributed by atoms with E-state index in [-0.39, 0.29) is 24.7 Å². The molecule has 1 amide bonds. The molecule has 1 saturated heterocycles. The zero-order valence-corrected chi connectivity index (χ0v) is 22.3. The summed E-state index contributed by atoms with van der Waals surface area (Å²) in [6.07, 6.45) is -1.28. The van der Waals surface area contributed by atoms with Gasteiger partial charge in [-0.25, -0.2) is 4.79 Å². The molecule has 206 valence electrons. The fourth-order valence-electron chi connectivity index (χ4n) is 4.59. The highest BCUT2D eigenvalue weighted by Gasteiger charge is 2.33. The zero-order chi connectivity index (χ0) is 27.7. The molecule has 1 aromatic carbocycles. The van der Waals surface area contributed by atoms with Crippen LogP contribution in [0.5, 0.6) is 5.75 Å². The lowest BCUT2D eigenvalue weighted by Gasteiger charge is -2.34. The third-order valence-electron chi connectivity index (χ3n) is 6.29. The van der Waals surface area contributed by atoms with Crippen molar-refractivity contribution in [2.24, 2.45) is 0 Å². The second kappa shape index (κ2) is 10.8. The Kier molecular flexibility index (Phi) is 7.87. The number of amides is 1. The first kappa shape index (κ1) is 27.7. The number of fused-ring (bicyclic) bond motifs is 1. The molecule has 1 aliphatic heterocycles. The topological polar surface area (TPSA) is 78.7 Å². The number of benzene rings is 1. The van der Waals surface area contributed by atoms with E-state index in [1.807, 2.05) is 37.6 Å². The van der Waals surface area contributed by atoms with Crippen molar-refractivity contribution in [1.82, 2.24) is 19.7 Å². The van der Waals surface area contributed by atoms with Crippen molar-refractivity contribution >= 4 is 17.1 Å². The number of halogens is 3. The SMILES string of the molecule is CCOCOc1cc(C(F)(F)F)cc(C)c1-c1cc2ccn([C@@H]3CCCN(C(=O)OC(C)(C)C)C3)c2nn1. The van der Waals surface area contributed by atoms with E-state index in [1.165, 1.54) is 0 Å². The second-order valence-corrected chi connectivity index (χ2v) is 10.4. The van der Waals surface area contributed by atoms with Crippen LogP contribution in [-0.2, 0) is 15.7 Å². The van der Waals surface area contributed by atoms with Crippen molar-refractivity contribution in [3.63, 3.8) is 0 Å². The standard InChI is InChI=1S/C27H33F3N4O4/c1-6-36-16-37-22-14-19(27(28,29)30)12-17(2)23(22)21-13-18-9-11-34(24(18)32-31-21)20-8-7-10-33(15-20)25(35)38-26(3,4)5/h9,11-14,20H,6-8,10,15-16H2,1-5H3/t20-/m1/s1. The minimum atomic E-state index is -4.52. The smallest absolute Gasteiger partial charge is 0.416 e. The van der Waals surface area contributed by atoms with Gasteiger partial charge in [-0.15, -0.1) is 10.2 Å². The Balaban J connectivity index is 1.65. The molecule has 0 bridgehead atoms. The van der Waals surface area contributed by atoms with Gasteiger partial charge in [-0.2, -0.15) is 13.2 Å². The van der Waals surface area contributed by atoms with Crippen LogP contribution in [0.3, 0.4) is 0 Å². The van der Waals surface area contributed by atoms with Crippen LogP contribution in [0.25, 0.3) is 22.3 Å². The van der Waals surface area contributed by atoms with Gasteiger partial charge < -0.3 is 23.7 Å². The van der Waals surface area contributed by atoms with Gasteiger partial charge in [-0.05, 0) is 77.3 Å². The number of rotatable bonds is 6. The average Bonchev–Trinajstić information content (AvgIpc) is 3.26. The normalized spacial score (nSPS) is 16.6. The first-order chi connectivity index (χ1) is 17.9. The highest BCUT2D eigenvalue weighted by atomic mass is 19.4. The number of carbonyl (C=O) groups excluding carboxylic acids is 1. The molecule has 1 fully saturated rings. The van der Waals surface area contributed by atoms with E-state index in [0.29, 0.717) is 42.2 Å². The summed E-state index contributed by atoms with van der Waals surface area (Å²) in [6, 6.07) is 5.71. The maximum Gasteiger partial charge on any atom is 0.416 e. The summed E-state index contributed by atoms with van der Waals surface area (Å²) < 4.78 is 58.7. The highest BCUT2D eigenvalue weighted by molar-refractivity contribution is 5.83. The van der Waals surface area contributed by atoms with Crippen LogP contribution in [0, 0.1) is 6.92 Å². The van der Waals surface area contributed by atoms with E-state index in [2.05, 4.69) is 10.2 Å². The monoisotopic (exact) mass is 534 g/mol. The second-order valence-electron chi connectivity index (χ2n) is 10.4. The van der Waals surface area contributed by atoms with Crippen molar-refractivity contribution in [3.05, 3.63) is 41.6 Å². The number of ether oxygens (including phenoxy) is 3. The number of likely N-dealkylation sites (tertiary alicyclic amines) is 1. The van der Waals surface area contributed by atoms with Crippen molar-refractivity contribution in [1.29, 1.82) is 0 Å². The van der Waals surface area contributed by atoms with Crippen LogP contribution >= 0.6 is 0 Å². The van der Waals surface area contributed by atoms with Crippen molar-refractivity contribution in [2.45, 2.75) is 65.3 Å². The molecule has 8 nitrogen and oxygen atoms in total. The number of piperidine rings is 1. The molecular weight excluding hydrogens is 501 g/mol. The molecule has 0 unspecified atom stereocenters. The molecule has 0 aliphatic carbocycles. The van der Waals surface area contributed by atoms with Gasteiger partial charge in [0.1, 0.15) is 11.4 Å². The number of carbonyl (C=O) groups is 1. The zero-order valence-electron chi connectivity index (χ0n) is 22.3. The summed E-state index contributed by atoms with van der Waals surface area (Å²) in [5, 5.41) is 9.59. The van der Waals surface area contributed by atoms with Gasteiger partial charge in [0.05, 0.1) is 17.3 Å². The van der Waals surface area contributed by atoms with Crippen molar-refractivity contribution in [2.75, 3.05) is 26.5 Å². The molecule has 38 heavy (non-hydrogen) atoms. The number of hydrogen-bond acceptors (Lipinski definition) is 6. The third kappa shape index (κ3) is 6.20. The molecule has 11 heteroatoms. The number of aromatic nitrogens is 3. The van der Waals surface area contributed by atoms with E-state index in [1.54, 1.807) is 24.8 Å². The molecule has 0 saturated carbocycles. The lowest BCUT2D eigenvalue weighted by Crippen LogP contribution is -2.43. The predicted octanol–water partition coefficient (Wildman–Crippen LogP) is 6.37. The Hall–Kier alpha value is -3.34. The van der Waals surface area contributed by atoms with Crippen LogP contribution in [-0.4, -0.2) is 57.8 Å². The Bertz CT molecular complexity index is 1300. The van der Waals surface area contributed by atoms with Crippen LogP contribution < -0.4 is 4.74 Å². The first-order valence-corrected chi connectivity index (χ1v) is 12.6. The molecule has 2 aromatic heterocycles. The average molecular weight is 535 g/mol. The van der Waals surface area contributed by atoms with Gasteiger partial charge in [0.15, 0.2) is 12.4 Å². The van der Waals surface area contributed by atoms with E-state index in [4.69, 9.17) is 14.2 Å². The number of aryl methyl sites for hydroxylation is 1. The summed E-state index contributed by atoms with van der Waals surface area (Å²) in [5.74, 6) is 0.0270. The third-order valence-corrected chi connectivity index (χ3v) is 6.29. The fourth-order valence-corrected chi connectivity index (χ4v) is 4.59. The Morgan fingerprint density at radius 1 is 1.16 bits per heavy atom. The molecule has 4 rings (SSSR count). The molecule has 0 radical (unpaired) electrons. The van der Waals surface area contributed by atoms with Gasteiger partial charge in [-0.1, -0.05) is 0 Å². The van der Waals surface area contributed by atoms with Gasteiger partial charge in [0, 0.05) is 36.8 Å². The van der Waals surface area contributed by atoms with E-state index < -0.39 is 17.3 Å². The van der Waals surface area contributed by atoms with Crippen LogP contribution in [0.15, 0.2) is 30.5 Å². The predicted molar refractivity (Wildman–Crippen MR) is 136 cm³/mol. The highest BCUT2D eigenvalue weighted by Crippen LogP contribution is 2.40. The van der Waals surface area contributed by atoms with Gasteiger partial charge in [0.25, 0.3) is 0 Å². The van der Waals surface area contributed by atoms with E-state index >= 15 is 0 Å². The maximum atomic E-state index is 13.5.